The zero-order valence-electron chi connectivity index (χ0n) is 10.4. The van der Waals surface area contributed by atoms with Gasteiger partial charge < -0.3 is 0 Å². The van der Waals surface area contributed by atoms with Gasteiger partial charge >= 0.3 is 6.03 Å². The number of rotatable bonds is 2. The van der Waals surface area contributed by atoms with Crippen LogP contribution in [0, 0.1) is 0 Å². The minimum Gasteiger partial charge on any atom is -0.298 e. The van der Waals surface area contributed by atoms with Crippen molar-refractivity contribution < 1.29 is 14.4 Å². The summed E-state index contributed by atoms with van der Waals surface area (Å²) in [6.45, 7) is 0.277. The van der Waals surface area contributed by atoms with Crippen LogP contribution in [0.2, 0.25) is 0 Å². The van der Waals surface area contributed by atoms with Crippen LogP contribution < -0.4 is 10.2 Å². The number of amides is 3. The van der Waals surface area contributed by atoms with E-state index in [9.17, 15) is 14.4 Å². The highest BCUT2D eigenvalue weighted by Gasteiger charge is 2.24. The second kappa shape index (κ2) is 4.69. The van der Waals surface area contributed by atoms with Crippen LogP contribution in [0.5, 0.6) is 0 Å². The first-order chi connectivity index (χ1) is 9.69. The van der Waals surface area contributed by atoms with Gasteiger partial charge in [-0.15, -0.1) is 0 Å². The molecule has 0 aliphatic carbocycles. The van der Waals surface area contributed by atoms with Crippen LogP contribution in [0.25, 0.3) is 10.9 Å². The molecule has 0 radical (unpaired) electrons. The first kappa shape index (κ1) is 12.2. The fourth-order valence-electron chi connectivity index (χ4n) is 2.16. The third-order valence-corrected chi connectivity index (χ3v) is 3.13. The van der Waals surface area contributed by atoms with Crippen LogP contribution in [0.1, 0.15) is 16.8 Å². The Kier molecular flexibility index (Phi) is 2.86. The predicted octanol–water partition coefficient (Wildman–Crippen LogP) is 0.889. The van der Waals surface area contributed by atoms with Crippen molar-refractivity contribution in [3.05, 3.63) is 30.2 Å². The van der Waals surface area contributed by atoms with Crippen molar-refractivity contribution in [1.29, 1.82) is 0 Å². The number of hydrogen-bond donors (Lipinski definition) is 1. The molecule has 2 aromatic rings. The minimum atomic E-state index is -0.494. The molecule has 0 atom stereocenters. The number of nitrogens with zero attached hydrogens (tertiary/aromatic N) is 3. The molecule has 0 unspecified atom stereocenters. The van der Waals surface area contributed by atoms with Crippen molar-refractivity contribution in [2.24, 2.45) is 0 Å². The number of anilines is 1. The number of carbonyl (C=O) groups excluding carboxylic acids is 3. The molecule has 1 aliphatic heterocycles. The van der Waals surface area contributed by atoms with Crippen LogP contribution >= 0.6 is 0 Å². The first-order valence-electron chi connectivity index (χ1n) is 5.99. The van der Waals surface area contributed by atoms with E-state index in [2.05, 4.69) is 15.3 Å². The first-order valence-corrected chi connectivity index (χ1v) is 5.99. The molecule has 1 saturated heterocycles. The van der Waals surface area contributed by atoms with Gasteiger partial charge in [0.1, 0.15) is 6.33 Å². The number of benzene rings is 1. The van der Waals surface area contributed by atoms with Gasteiger partial charge in [0.05, 0.1) is 5.52 Å². The van der Waals surface area contributed by atoms with Gasteiger partial charge in [-0.05, 0) is 12.1 Å². The van der Waals surface area contributed by atoms with Gasteiger partial charge in [0.25, 0.3) is 0 Å². The molecule has 20 heavy (non-hydrogen) atoms. The Hall–Kier alpha value is -2.83. The summed E-state index contributed by atoms with van der Waals surface area (Å²) in [6.07, 6.45) is 3.85. The molecule has 3 rings (SSSR count). The standard InChI is InChI=1S/C13H10N4O3/c18-6-8-3-9(4-11-10(8)5-14-7-15-11)17-2-1-12(19)16-13(17)20/h3-7H,1-2H2,(H,16,19,20). The molecule has 2 heterocycles. The minimum absolute atomic E-state index is 0.226. The number of imide groups is 1. The number of carbonyl (C=O) groups is 3. The maximum absolute atomic E-state index is 11.8. The van der Waals surface area contributed by atoms with Crippen LogP contribution in [0.3, 0.4) is 0 Å². The molecule has 100 valence electrons. The molecule has 0 bridgehead atoms. The van der Waals surface area contributed by atoms with Crippen LogP contribution in [0.4, 0.5) is 10.5 Å². The van der Waals surface area contributed by atoms with E-state index in [1.54, 1.807) is 18.3 Å². The van der Waals surface area contributed by atoms with E-state index >= 15 is 0 Å². The fourth-order valence-corrected chi connectivity index (χ4v) is 2.16. The van der Waals surface area contributed by atoms with E-state index in [0.29, 0.717) is 28.4 Å². The summed E-state index contributed by atoms with van der Waals surface area (Å²) in [7, 11) is 0. The van der Waals surface area contributed by atoms with Gasteiger partial charge in [-0.3, -0.25) is 19.8 Å². The van der Waals surface area contributed by atoms with E-state index in [1.165, 1.54) is 11.2 Å². The van der Waals surface area contributed by atoms with E-state index in [0.717, 1.165) is 0 Å². The van der Waals surface area contributed by atoms with E-state index < -0.39 is 6.03 Å². The second-order valence-corrected chi connectivity index (χ2v) is 4.36. The molecular weight excluding hydrogens is 260 g/mol. The summed E-state index contributed by atoms with van der Waals surface area (Å²) in [6, 6.07) is 2.79. The smallest absolute Gasteiger partial charge is 0.298 e. The lowest BCUT2D eigenvalue weighted by Crippen LogP contribution is -2.49. The van der Waals surface area contributed by atoms with E-state index in [1.807, 2.05) is 0 Å². The van der Waals surface area contributed by atoms with Crippen LogP contribution in [-0.2, 0) is 4.79 Å². The van der Waals surface area contributed by atoms with Gasteiger partial charge in [0, 0.05) is 35.8 Å². The summed E-state index contributed by atoms with van der Waals surface area (Å²) in [4.78, 5) is 43.5. The molecule has 7 nitrogen and oxygen atoms in total. The van der Waals surface area contributed by atoms with Crippen LogP contribution in [-0.4, -0.2) is 34.7 Å². The monoisotopic (exact) mass is 270 g/mol. The predicted molar refractivity (Wildman–Crippen MR) is 70.4 cm³/mol. The second-order valence-electron chi connectivity index (χ2n) is 4.36. The SMILES string of the molecule is O=Cc1cc(N2CCC(=O)NC2=O)cc2ncncc12. The zero-order chi connectivity index (χ0) is 14.1. The average Bonchev–Trinajstić information content (AvgIpc) is 2.46. The Morgan fingerprint density at radius 3 is 2.90 bits per heavy atom. The number of fused-ring (bicyclic) bond motifs is 1. The highest BCUT2D eigenvalue weighted by molar-refractivity contribution is 6.07. The Balaban J connectivity index is 2.10. The third kappa shape index (κ3) is 1.99. The topological polar surface area (TPSA) is 92.3 Å². The maximum atomic E-state index is 11.8. The lowest BCUT2D eigenvalue weighted by molar-refractivity contribution is -0.120. The largest absolute Gasteiger partial charge is 0.328 e. The Morgan fingerprint density at radius 2 is 2.15 bits per heavy atom. The summed E-state index contributed by atoms with van der Waals surface area (Å²) >= 11 is 0. The summed E-state index contributed by atoms with van der Waals surface area (Å²) in [5, 5.41) is 2.87. The van der Waals surface area contributed by atoms with Crippen molar-refractivity contribution >= 4 is 34.8 Å². The zero-order valence-corrected chi connectivity index (χ0v) is 10.4. The molecule has 1 aromatic carbocycles. The Labute approximate surface area is 113 Å². The van der Waals surface area contributed by atoms with Gasteiger partial charge in [-0.25, -0.2) is 14.8 Å². The molecule has 3 amide bonds. The summed E-state index contributed by atoms with van der Waals surface area (Å²) < 4.78 is 0. The van der Waals surface area contributed by atoms with E-state index in [4.69, 9.17) is 0 Å². The van der Waals surface area contributed by atoms with Gasteiger partial charge in [0.2, 0.25) is 5.91 Å². The molecule has 0 saturated carbocycles. The highest BCUT2D eigenvalue weighted by atomic mass is 16.2. The quantitative estimate of drug-likeness (QED) is 0.818. The molecule has 0 spiro atoms. The normalized spacial score (nSPS) is 15.3. The summed E-state index contributed by atoms with van der Waals surface area (Å²) in [5.41, 5.74) is 1.51. The number of aldehydes is 1. The van der Waals surface area contributed by atoms with Crippen molar-refractivity contribution in [1.82, 2.24) is 15.3 Å². The van der Waals surface area contributed by atoms with Gasteiger partial charge in [-0.2, -0.15) is 0 Å². The van der Waals surface area contributed by atoms with Crippen molar-refractivity contribution in [2.45, 2.75) is 6.42 Å². The Morgan fingerprint density at radius 1 is 1.30 bits per heavy atom. The van der Waals surface area contributed by atoms with Crippen molar-refractivity contribution in [2.75, 3.05) is 11.4 Å². The highest BCUT2D eigenvalue weighted by Crippen LogP contribution is 2.24. The molecule has 1 aromatic heterocycles. The van der Waals surface area contributed by atoms with Crippen molar-refractivity contribution in [3.8, 4) is 0 Å². The number of hydrogen-bond acceptors (Lipinski definition) is 5. The summed E-state index contributed by atoms with van der Waals surface area (Å²) in [5.74, 6) is -0.301. The van der Waals surface area contributed by atoms with Gasteiger partial charge in [-0.1, -0.05) is 0 Å². The number of urea groups is 1. The lowest BCUT2D eigenvalue weighted by Gasteiger charge is -2.26. The van der Waals surface area contributed by atoms with Crippen LogP contribution in [0.15, 0.2) is 24.7 Å². The average molecular weight is 270 g/mol. The lowest BCUT2D eigenvalue weighted by atomic mass is 10.1. The molecule has 1 aliphatic rings. The molecule has 1 N–H and O–H groups in total. The molecular formula is C13H10N4O3. The number of nitrogens with one attached hydrogen (secondary N) is 1. The Bertz CT molecular complexity index is 729. The van der Waals surface area contributed by atoms with Crippen molar-refractivity contribution in [3.63, 3.8) is 0 Å². The number of aromatic nitrogens is 2. The van der Waals surface area contributed by atoms with E-state index in [-0.39, 0.29) is 18.9 Å². The third-order valence-electron chi connectivity index (χ3n) is 3.13. The van der Waals surface area contributed by atoms with Gasteiger partial charge in [0.15, 0.2) is 6.29 Å². The molecule has 1 fully saturated rings. The maximum Gasteiger partial charge on any atom is 0.328 e. The molecule has 7 heteroatoms. The fraction of sp³-hybridized carbons (Fsp3) is 0.154.